The number of nitrogens with one attached hydrogen (secondary N) is 1. The van der Waals surface area contributed by atoms with Gasteiger partial charge in [-0.25, -0.2) is 0 Å². The second-order valence-electron chi connectivity index (χ2n) is 13.3. The average molecular weight is 742 g/mol. The monoisotopic (exact) mass is 741 g/mol. The van der Waals surface area contributed by atoms with E-state index in [1.807, 2.05) is 37.4 Å². The Bertz CT molecular complexity index is 1860. The average Bonchev–Trinajstić information content (AvgIpc) is 3.72. The summed E-state index contributed by atoms with van der Waals surface area (Å²) in [7, 11) is -2.90. The number of carbonyl (C=O) groups excluding carboxylic acids is 3. The van der Waals surface area contributed by atoms with Gasteiger partial charge in [-0.3, -0.25) is 18.9 Å². The Kier molecular flexibility index (Phi) is 11.0. The number of likely N-dealkylation sites (N-methyl/N-ethyl adjacent to an activating group) is 1. The van der Waals surface area contributed by atoms with Gasteiger partial charge in [0.05, 0.1) is 30.1 Å². The first-order valence-corrected chi connectivity index (χ1v) is 19.6. The van der Waals surface area contributed by atoms with Gasteiger partial charge in [-0.2, -0.15) is 14.0 Å². The molecule has 11 nitrogen and oxygen atoms in total. The summed E-state index contributed by atoms with van der Waals surface area (Å²) in [5.41, 5.74) is -3.49. The molecule has 3 fully saturated rings. The fraction of sp³-hybridized carbons (Fsp3) is 0.500. The maximum Gasteiger partial charge on any atom is 0.404 e. The number of benzene rings is 2. The Morgan fingerprint density at radius 3 is 2.45 bits per heavy atom. The molecule has 1 N–H and O–H groups in total. The molecular formula is C36H42F2N5O6PS. The van der Waals surface area contributed by atoms with E-state index in [1.165, 1.54) is 32.0 Å². The van der Waals surface area contributed by atoms with Gasteiger partial charge in [0.1, 0.15) is 12.1 Å². The Morgan fingerprint density at radius 1 is 1.04 bits per heavy atom. The lowest BCUT2D eigenvalue weighted by atomic mass is 9.90. The zero-order valence-corrected chi connectivity index (χ0v) is 30.5. The number of hydrogen-bond donors (Lipinski definition) is 1. The SMILES string of the molecule is CCOP(=O)(OCC)C(F)(F)c1ccc2sc(C(=O)N[C@H]3CCC[C@H]4CN(C)C[C@@H](C(=O)N5C[C@@H](C#N)[C@H](c6ccccc6)C5)N4C3=O)cc2c1. The van der Waals surface area contributed by atoms with Crippen molar-refractivity contribution in [3.05, 3.63) is 70.6 Å². The number of rotatable bonds is 10. The third kappa shape index (κ3) is 7.19. The molecule has 15 heteroatoms. The van der Waals surface area contributed by atoms with Gasteiger partial charge in [-0.1, -0.05) is 36.4 Å². The molecule has 4 heterocycles. The number of carbonyl (C=O) groups is 3. The fourth-order valence-electron chi connectivity index (χ4n) is 7.55. The summed E-state index contributed by atoms with van der Waals surface area (Å²) in [6.45, 7) is 4.02. The van der Waals surface area contributed by atoms with E-state index in [9.17, 15) is 24.2 Å². The molecule has 3 aromatic rings. The lowest BCUT2D eigenvalue weighted by Gasteiger charge is -2.46. The number of likely N-dealkylation sites (tertiary alicyclic amines) is 1. The van der Waals surface area contributed by atoms with Crippen LogP contribution in [-0.2, 0) is 28.9 Å². The molecular weight excluding hydrogens is 699 g/mol. The lowest BCUT2D eigenvalue weighted by molar-refractivity contribution is -0.152. The highest BCUT2D eigenvalue weighted by atomic mass is 32.1. The molecule has 3 aliphatic heterocycles. The Hall–Kier alpha value is -3.73. The van der Waals surface area contributed by atoms with Crippen molar-refractivity contribution < 1.29 is 36.8 Å². The Labute approximate surface area is 300 Å². The van der Waals surface area contributed by atoms with E-state index in [2.05, 4.69) is 16.3 Å². The smallest absolute Gasteiger partial charge is 0.340 e. The summed E-state index contributed by atoms with van der Waals surface area (Å²) in [4.78, 5) is 47.7. The van der Waals surface area contributed by atoms with E-state index < -0.39 is 36.8 Å². The van der Waals surface area contributed by atoms with Crippen molar-refractivity contribution in [2.45, 2.75) is 62.8 Å². The molecule has 0 bridgehead atoms. The topological polar surface area (TPSA) is 132 Å². The summed E-state index contributed by atoms with van der Waals surface area (Å²) in [5, 5.41) is 13.2. The van der Waals surface area contributed by atoms with E-state index in [1.54, 1.807) is 9.80 Å². The van der Waals surface area contributed by atoms with Crippen molar-refractivity contribution in [1.29, 1.82) is 5.26 Å². The molecule has 0 radical (unpaired) electrons. The van der Waals surface area contributed by atoms with Crippen LogP contribution in [-0.4, -0.2) is 97.0 Å². The van der Waals surface area contributed by atoms with Crippen LogP contribution in [0.5, 0.6) is 0 Å². The van der Waals surface area contributed by atoms with Crippen molar-refractivity contribution in [2.75, 3.05) is 46.4 Å². The van der Waals surface area contributed by atoms with Crippen molar-refractivity contribution in [3.8, 4) is 6.07 Å². The zero-order valence-electron chi connectivity index (χ0n) is 28.8. The summed E-state index contributed by atoms with van der Waals surface area (Å²) in [5.74, 6) is -1.58. The second-order valence-corrected chi connectivity index (χ2v) is 16.5. The Morgan fingerprint density at radius 2 is 1.76 bits per heavy atom. The van der Waals surface area contributed by atoms with Gasteiger partial charge >= 0.3 is 13.3 Å². The zero-order chi connectivity index (χ0) is 36.5. The molecule has 0 spiro atoms. The summed E-state index contributed by atoms with van der Waals surface area (Å²) >= 11 is 1.09. The van der Waals surface area contributed by atoms with Gasteiger partial charge in [-0.15, -0.1) is 11.3 Å². The molecule has 1 aromatic heterocycles. The molecule has 5 atom stereocenters. The van der Waals surface area contributed by atoms with E-state index in [0.29, 0.717) is 49.0 Å². The minimum absolute atomic E-state index is 0.133. The van der Waals surface area contributed by atoms with Gasteiger partial charge in [0, 0.05) is 48.4 Å². The standard InChI is InChI=1S/C36H42F2N5O6PS/c1-4-48-50(47,49-5-2)36(37,38)26-14-15-31-24(16-26)17-32(51-31)33(44)40-29-13-9-12-27-20-41(3)22-30(43(27)34(29)45)35(46)42-19-25(18-39)28(21-42)23-10-7-6-8-11-23/h6-8,10-11,14-17,25,27-30H,4-5,9,12-13,19-22H2,1-3H3,(H,40,44)/t25-,27+,28+,29+,30+/m1/s1. The van der Waals surface area contributed by atoms with Crippen LogP contribution in [0.4, 0.5) is 8.78 Å². The van der Waals surface area contributed by atoms with E-state index in [4.69, 9.17) is 9.05 Å². The summed E-state index contributed by atoms with van der Waals surface area (Å²) < 4.78 is 54.3. The van der Waals surface area contributed by atoms with Gasteiger partial charge < -0.3 is 29.1 Å². The van der Waals surface area contributed by atoms with Gasteiger partial charge in [-0.05, 0) is 69.3 Å². The highest BCUT2D eigenvalue weighted by molar-refractivity contribution is 7.54. The van der Waals surface area contributed by atoms with E-state index in [0.717, 1.165) is 23.0 Å². The number of thiophene rings is 1. The summed E-state index contributed by atoms with van der Waals surface area (Å²) in [6, 6.07) is 15.4. The molecule has 51 heavy (non-hydrogen) atoms. The van der Waals surface area contributed by atoms with Crippen LogP contribution in [0.3, 0.4) is 0 Å². The number of nitriles is 1. The van der Waals surface area contributed by atoms with Crippen molar-refractivity contribution >= 4 is 46.7 Å². The number of hydrogen-bond acceptors (Lipinski definition) is 9. The number of amides is 3. The van der Waals surface area contributed by atoms with Gasteiger partial charge in [0.25, 0.3) is 5.91 Å². The normalized spacial score (nSPS) is 24.6. The molecule has 0 saturated carbocycles. The molecule has 2 aromatic carbocycles. The minimum Gasteiger partial charge on any atom is -0.340 e. The minimum atomic E-state index is -4.82. The largest absolute Gasteiger partial charge is 0.404 e. The first kappa shape index (κ1) is 37.0. The van der Waals surface area contributed by atoms with Gasteiger partial charge in [0.15, 0.2) is 0 Å². The second kappa shape index (κ2) is 15.1. The fourth-order valence-corrected chi connectivity index (χ4v) is 10.0. The molecule has 3 amide bonds. The number of halogens is 2. The molecule has 6 rings (SSSR count). The highest BCUT2D eigenvalue weighted by Crippen LogP contribution is 2.67. The van der Waals surface area contributed by atoms with Crippen molar-refractivity contribution in [1.82, 2.24) is 20.0 Å². The third-order valence-corrected chi connectivity index (χ3v) is 13.2. The maximum atomic E-state index is 15.5. The molecule has 3 aliphatic rings. The molecule has 0 aliphatic carbocycles. The quantitative estimate of drug-likeness (QED) is 0.259. The van der Waals surface area contributed by atoms with Crippen LogP contribution in [0.2, 0.25) is 0 Å². The first-order chi connectivity index (χ1) is 24.4. The first-order valence-electron chi connectivity index (χ1n) is 17.3. The highest BCUT2D eigenvalue weighted by Gasteiger charge is 2.55. The van der Waals surface area contributed by atoms with Crippen LogP contribution in [0.1, 0.15) is 59.8 Å². The lowest BCUT2D eigenvalue weighted by Crippen LogP contribution is -2.66. The molecule has 3 saturated heterocycles. The van der Waals surface area contributed by atoms with Crippen molar-refractivity contribution in [3.63, 3.8) is 0 Å². The predicted molar refractivity (Wildman–Crippen MR) is 188 cm³/mol. The molecule has 272 valence electrons. The van der Waals surface area contributed by atoms with Gasteiger partial charge in [0.2, 0.25) is 11.8 Å². The Balaban J connectivity index is 1.20. The van der Waals surface area contributed by atoms with Crippen LogP contribution in [0.15, 0.2) is 54.6 Å². The van der Waals surface area contributed by atoms with Crippen LogP contribution < -0.4 is 5.32 Å². The van der Waals surface area contributed by atoms with Crippen LogP contribution in [0.25, 0.3) is 10.1 Å². The van der Waals surface area contributed by atoms with E-state index >= 15 is 8.78 Å². The van der Waals surface area contributed by atoms with Crippen LogP contribution in [0, 0.1) is 17.2 Å². The maximum absolute atomic E-state index is 15.5. The van der Waals surface area contributed by atoms with E-state index in [-0.39, 0.29) is 54.3 Å². The van der Waals surface area contributed by atoms with Crippen molar-refractivity contribution in [2.24, 2.45) is 5.92 Å². The molecule has 0 unspecified atom stereocenters. The number of fused-ring (bicyclic) bond motifs is 2. The predicted octanol–water partition coefficient (Wildman–Crippen LogP) is 5.78. The summed E-state index contributed by atoms with van der Waals surface area (Å²) in [6.07, 6.45) is 1.68. The number of alkyl halides is 2. The van der Waals surface area contributed by atoms with Crippen LogP contribution >= 0.6 is 18.9 Å². The third-order valence-electron chi connectivity index (χ3n) is 9.96. The number of piperazine rings is 1. The number of nitrogens with zero attached hydrogens (tertiary/aromatic N) is 4.